The van der Waals surface area contributed by atoms with Gasteiger partial charge in [0.25, 0.3) is 0 Å². The predicted octanol–water partition coefficient (Wildman–Crippen LogP) is 4.47. The Labute approximate surface area is 140 Å². The summed E-state index contributed by atoms with van der Waals surface area (Å²) in [5, 5.41) is 10.8. The maximum absolute atomic E-state index is 12.1. The second-order valence-electron chi connectivity index (χ2n) is 7.43. The zero-order valence-electron chi connectivity index (χ0n) is 14.7. The largest absolute Gasteiger partial charge is 0.456 e. The van der Waals surface area contributed by atoms with Gasteiger partial charge in [-0.15, -0.1) is 0 Å². The topological polar surface area (TPSA) is 46.5 Å². The zero-order valence-corrected chi connectivity index (χ0v) is 14.7. The van der Waals surface area contributed by atoms with Crippen LogP contribution < -0.4 is 0 Å². The molecule has 0 amide bonds. The molecule has 2 rings (SSSR count). The highest BCUT2D eigenvalue weighted by molar-refractivity contribution is 5.89. The lowest BCUT2D eigenvalue weighted by Crippen LogP contribution is -2.47. The Morgan fingerprint density at radius 3 is 2.61 bits per heavy atom. The summed E-state index contributed by atoms with van der Waals surface area (Å²) < 4.78 is 5.47. The van der Waals surface area contributed by atoms with Crippen LogP contribution >= 0.6 is 0 Å². The maximum atomic E-state index is 12.1. The molecule has 2 bridgehead atoms. The number of hydrogen-bond acceptors (Lipinski definition) is 3. The number of carbonyl (C=O) groups is 1. The predicted molar refractivity (Wildman–Crippen MR) is 93.0 cm³/mol. The van der Waals surface area contributed by atoms with Crippen molar-refractivity contribution in [2.75, 3.05) is 0 Å². The number of allylic oxidation sites excluding steroid dienone is 4. The van der Waals surface area contributed by atoms with Crippen LogP contribution in [0.1, 0.15) is 65.7 Å². The zero-order chi connectivity index (χ0) is 17.0. The molecular formula is C20H30O3. The van der Waals surface area contributed by atoms with Crippen LogP contribution in [0.25, 0.3) is 0 Å². The van der Waals surface area contributed by atoms with E-state index in [0.29, 0.717) is 18.4 Å². The van der Waals surface area contributed by atoms with Crippen molar-refractivity contribution in [2.24, 2.45) is 5.92 Å². The Morgan fingerprint density at radius 2 is 1.87 bits per heavy atom. The first-order valence-electron chi connectivity index (χ1n) is 8.73. The second-order valence-corrected chi connectivity index (χ2v) is 7.43. The molecule has 0 spiro atoms. The van der Waals surface area contributed by atoms with Crippen molar-refractivity contribution < 1.29 is 14.6 Å². The molecule has 0 saturated carbocycles. The van der Waals surface area contributed by atoms with E-state index in [1.54, 1.807) is 6.92 Å². The minimum Gasteiger partial charge on any atom is -0.456 e. The fourth-order valence-corrected chi connectivity index (χ4v) is 3.42. The van der Waals surface area contributed by atoms with E-state index in [2.05, 4.69) is 32.6 Å². The Bertz CT molecular complexity index is 525. The average molecular weight is 318 g/mol. The Kier molecular flexibility index (Phi) is 5.85. The summed E-state index contributed by atoms with van der Waals surface area (Å²) in [6.07, 6.45) is 10.1. The van der Waals surface area contributed by atoms with Crippen LogP contribution in [0.3, 0.4) is 0 Å². The summed E-state index contributed by atoms with van der Waals surface area (Å²) in [5.74, 6) is -0.233. The van der Waals surface area contributed by atoms with Gasteiger partial charge in [0, 0.05) is 5.57 Å². The third kappa shape index (κ3) is 4.81. The van der Waals surface area contributed by atoms with Gasteiger partial charge in [-0.05, 0) is 71.6 Å². The molecule has 1 aliphatic heterocycles. The van der Waals surface area contributed by atoms with Gasteiger partial charge < -0.3 is 9.84 Å². The monoisotopic (exact) mass is 318 g/mol. The minimum absolute atomic E-state index is 0.108. The molecule has 1 aliphatic carbocycles. The van der Waals surface area contributed by atoms with E-state index >= 15 is 0 Å². The first kappa shape index (κ1) is 18.0. The molecule has 23 heavy (non-hydrogen) atoms. The molecule has 1 heterocycles. The smallest absolute Gasteiger partial charge is 0.334 e. The van der Waals surface area contributed by atoms with E-state index in [9.17, 15) is 9.90 Å². The van der Waals surface area contributed by atoms with E-state index in [1.165, 1.54) is 11.1 Å². The minimum atomic E-state index is -0.986. The number of aliphatic hydroxyl groups is 1. The number of hydrogen-bond donors (Lipinski definition) is 1. The van der Waals surface area contributed by atoms with E-state index < -0.39 is 11.7 Å². The molecule has 2 aliphatic rings. The fourth-order valence-electron chi connectivity index (χ4n) is 3.42. The summed E-state index contributed by atoms with van der Waals surface area (Å²) in [5.41, 5.74) is 2.30. The van der Waals surface area contributed by atoms with Gasteiger partial charge in [-0.1, -0.05) is 29.9 Å². The average Bonchev–Trinajstić information content (AvgIpc) is 2.47. The number of carbonyl (C=O) groups excluding carboxylic acids is 1. The quantitative estimate of drug-likeness (QED) is 0.407. The summed E-state index contributed by atoms with van der Waals surface area (Å²) in [4.78, 5) is 12.1. The first-order chi connectivity index (χ1) is 10.8. The third-order valence-corrected chi connectivity index (χ3v) is 5.26. The molecule has 0 aromatic heterocycles. The van der Waals surface area contributed by atoms with Crippen LogP contribution in [0.4, 0.5) is 0 Å². The van der Waals surface area contributed by atoms with E-state index in [1.807, 2.05) is 0 Å². The molecule has 0 radical (unpaired) electrons. The van der Waals surface area contributed by atoms with Gasteiger partial charge in [0.2, 0.25) is 0 Å². The van der Waals surface area contributed by atoms with Crippen molar-refractivity contribution in [2.45, 2.75) is 77.4 Å². The molecule has 1 saturated heterocycles. The Hall–Kier alpha value is -1.35. The highest BCUT2D eigenvalue weighted by Crippen LogP contribution is 2.36. The van der Waals surface area contributed by atoms with Crippen LogP contribution in [0, 0.1) is 5.92 Å². The lowest BCUT2D eigenvalue weighted by Gasteiger charge is -2.38. The van der Waals surface area contributed by atoms with Crippen LogP contribution in [0.15, 0.2) is 35.5 Å². The summed E-state index contributed by atoms with van der Waals surface area (Å²) in [7, 11) is 0. The van der Waals surface area contributed by atoms with Gasteiger partial charge in [-0.2, -0.15) is 0 Å². The number of rotatable bonds is 0. The molecule has 0 aromatic rings. The lowest BCUT2D eigenvalue weighted by atomic mass is 9.79. The van der Waals surface area contributed by atoms with Crippen molar-refractivity contribution in [3.63, 3.8) is 0 Å². The SMILES string of the molecule is C=C1C(=O)O[C@@H]2C[C@H]1CCC(C)=CCC/C(C)=C/CC[C@]2(C)O. The van der Waals surface area contributed by atoms with Crippen LogP contribution in [0.5, 0.6) is 0 Å². The molecule has 3 nitrogen and oxygen atoms in total. The fraction of sp³-hybridized carbons (Fsp3) is 0.650. The molecule has 3 heteroatoms. The molecule has 1 N–H and O–H groups in total. The Balaban J connectivity index is 2.21. The highest BCUT2D eigenvalue weighted by atomic mass is 16.6. The van der Waals surface area contributed by atoms with E-state index in [4.69, 9.17) is 4.74 Å². The van der Waals surface area contributed by atoms with Crippen molar-refractivity contribution in [3.05, 3.63) is 35.5 Å². The van der Waals surface area contributed by atoms with Gasteiger partial charge in [0.1, 0.15) is 6.10 Å². The number of ether oxygens (including phenoxy) is 1. The summed E-state index contributed by atoms with van der Waals surface area (Å²) >= 11 is 0. The van der Waals surface area contributed by atoms with Gasteiger partial charge in [0.15, 0.2) is 0 Å². The van der Waals surface area contributed by atoms with E-state index in [0.717, 1.165) is 32.1 Å². The number of esters is 1. The van der Waals surface area contributed by atoms with Gasteiger partial charge in [-0.25, -0.2) is 4.79 Å². The standard InChI is InChI=1S/C20H30O3/c1-14-7-5-8-15(2)10-11-17-13-18(23-19(21)16(17)3)20(4,22)12-6-9-14/h8-9,17-18,22H,3,5-7,10-13H2,1-2,4H3/b14-9+,15-8?/t17-,18-,20+/m1/s1. The van der Waals surface area contributed by atoms with Crippen molar-refractivity contribution in [1.82, 2.24) is 0 Å². The third-order valence-electron chi connectivity index (χ3n) is 5.26. The summed E-state index contributed by atoms with van der Waals surface area (Å²) in [6, 6.07) is 0. The van der Waals surface area contributed by atoms with Crippen LogP contribution in [0.2, 0.25) is 0 Å². The maximum Gasteiger partial charge on any atom is 0.334 e. The van der Waals surface area contributed by atoms with Crippen molar-refractivity contribution in [3.8, 4) is 0 Å². The van der Waals surface area contributed by atoms with E-state index in [-0.39, 0.29) is 11.9 Å². The highest BCUT2D eigenvalue weighted by Gasteiger charge is 2.41. The number of fused-ring (bicyclic) bond motifs is 2. The first-order valence-corrected chi connectivity index (χ1v) is 8.73. The van der Waals surface area contributed by atoms with Gasteiger partial charge in [0.05, 0.1) is 5.60 Å². The normalized spacial score (nSPS) is 36.3. The molecule has 128 valence electrons. The molecule has 3 atom stereocenters. The molecule has 1 fully saturated rings. The second kappa shape index (κ2) is 7.48. The van der Waals surface area contributed by atoms with Crippen LogP contribution in [-0.2, 0) is 9.53 Å². The van der Waals surface area contributed by atoms with Crippen LogP contribution in [-0.4, -0.2) is 22.8 Å². The van der Waals surface area contributed by atoms with Crippen molar-refractivity contribution >= 4 is 5.97 Å². The van der Waals surface area contributed by atoms with Gasteiger partial charge >= 0.3 is 5.97 Å². The summed E-state index contributed by atoms with van der Waals surface area (Å²) in [6.45, 7) is 10.0. The molecule has 0 aromatic carbocycles. The Morgan fingerprint density at radius 1 is 1.22 bits per heavy atom. The molecular weight excluding hydrogens is 288 g/mol. The molecule has 0 unspecified atom stereocenters. The lowest BCUT2D eigenvalue weighted by molar-refractivity contribution is -0.168. The van der Waals surface area contributed by atoms with Gasteiger partial charge in [-0.3, -0.25) is 0 Å². The van der Waals surface area contributed by atoms with Crippen molar-refractivity contribution in [1.29, 1.82) is 0 Å².